The molecule has 1 atom stereocenters. The van der Waals surface area contributed by atoms with Crippen LogP contribution >= 0.6 is 23.6 Å². The predicted octanol–water partition coefficient (Wildman–Crippen LogP) is 3.36. The molecule has 3 aromatic heterocycles. The molecule has 0 aliphatic carbocycles. The molecule has 1 saturated heterocycles. The lowest BCUT2D eigenvalue weighted by atomic mass is 9.92. The largest absolute Gasteiger partial charge is 0.382 e. The molecule has 6 rings (SSSR count). The predicted molar refractivity (Wildman–Crippen MR) is 162 cm³/mol. The second-order valence-electron chi connectivity index (χ2n) is 10.8. The molecule has 43 heavy (non-hydrogen) atoms. The zero-order chi connectivity index (χ0) is 30.1. The summed E-state index contributed by atoms with van der Waals surface area (Å²) in [5.41, 5.74) is 0.806. The van der Waals surface area contributed by atoms with Crippen LogP contribution < -0.4 is 5.56 Å². The molecule has 4 heterocycles. The van der Waals surface area contributed by atoms with Gasteiger partial charge in [0.05, 0.1) is 6.54 Å². The number of β-amino-alcohol motifs (C(OH)–C–C–N with tert-alkyl or cyclic N) is 1. The van der Waals surface area contributed by atoms with Crippen molar-refractivity contribution >= 4 is 33.9 Å². The summed E-state index contributed by atoms with van der Waals surface area (Å²) in [6, 6.07) is 11.1. The molecule has 0 amide bonds. The molecule has 2 aromatic carbocycles. The van der Waals surface area contributed by atoms with Crippen molar-refractivity contribution in [3.63, 3.8) is 0 Å². The number of hydrogen-bond donors (Lipinski definition) is 1. The number of rotatable bonds is 9. The maximum Gasteiger partial charge on any atom is 0.273 e. The first kappa shape index (κ1) is 29.4. The minimum Gasteiger partial charge on any atom is -0.382 e. The molecule has 1 aliphatic heterocycles. The lowest BCUT2D eigenvalue weighted by Crippen LogP contribution is -2.52. The van der Waals surface area contributed by atoms with E-state index in [-0.39, 0.29) is 24.2 Å². The molecule has 1 N–H and O–H groups in total. The lowest BCUT2D eigenvalue weighted by molar-refractivity contribution is -0.0320. The summed E-state index contributed by atoms with van der Waals surface area (Å²) in [5.74, 6) is -1.52. The summed E-state index contributed by atoms with van der Waals surface area (Å²) in [6.45, 7) is 5.84. The topological polar surface area (TPSA) is 97.2 Å². The van der Waals surface area contributed by atoms with Gasteiger partial charge in [-0.1, -0.05) is 35.1 Å². The van der Waals surface area contributed by atoms with E-state index >= 15 is 0 Å². The molecule has 5 aromatic rings. The van der Waals surface area contributed by atoms with Gasteiger partial charge in [0.1, 0.15) is 40.9 Å². The number of fused-ring (bicyclic) bond motifs is 1. The van der Waals surface area contributed by atoms with E-state index in [1.54, 1.807) is 10.9 Å². The van der Waals surface area contributed by atoms with Crippen LogP contribution in [0.5, 0.6) is 0 Å². The number of aliphatic hydroxyl groups is 1. The van der Waals surface area contributed by atoms with E-state index in [1.807, 2.05) is 35.8 Å². The van der Waals surface area contributed by atoms with Gasteiger partial charge in [-0.2, -0.15) is 5.10 Å². The van der Waals surface area contributed by atoms with Crippen LogP contribution in [0.3, 0.4) is 0 Å². The van der Waals surface area contributed by atoms with Gasteiger partial charge in [-0.05, 0) is 37.3 Å². The molecule has 0 saturated carbocycles. The fraction of sp³-hybridized carbons (Fsp3) is 0.345. The molecule has 14 heteroatoms. The number of hydrogen-bond acceptors (Lipinski definition) is 9. The van der Waals surface area contributed by atoms with Crippen molar-refractivity contribution in [2.24, 2.45) is 0 Å². The number of aryl methyl sites for hydroxylation is 1. The summed E-state index contributed by atoms with van der Waals surface area (Å²) in [4.78, 5) is 26.1. The van der Waals surface area contributed by atoms with E-state index in [0.717, 1.165) is 23.4 Å². The van der Waals surface area contributed by atoms with E-state index in [0.29, 0.717) is 53.6 Å². The molecule has 0 radical (unpaired) electrons. The van der Waals surface area contributed by atoms with Gasteiger partial charge in [-0.3, -0.25) is 23.7 Å². The van der Waals surface area contributed by atoms with E-state index in [1.165, 1.54) is 34.7 Å². The van der Waals surface area contributed by atoms with Crippen LogP contribution in [0.15, 0.2) is 66.2 Å². The maximum absolute atomic E-state index is 14.8. The average molecular weight is 625 g/mol. The first-order valence-corrected chi connectivity index (χ1v) is 15.1. The van der Waals surface area contributed by atoms with Crippen molar-refractivity contribution in [3.8, 4) is 5.69 Å². The average Bonchev–Trinajstić information content (AvgIpc) is 3.61. The van der Waals surface area contributed by atoms with E-state index in [4.69, 9.17) is 12.2 Å². The number of benzene rings is 2. The van der Waals surface area contributed by atoms with Crippen molar-refractivity contribution in [2.75, 3.05) is 39.3 Å². The zero-order valence-electron chi connectivity index (χ0n) is 23.4. The van der Waals surface area contributed by atoms with Gasteiger partial charge in [0.15, 0.2) is 9.60 Å². The van der Waals surface area contributed by atoms with Gasteiger partial charge in [0, 0.05) is 63.1 Å². The highest BCUT2D eigenvalue weighted by atomic mass is 32.1. The second kappa shape index (κ2) is 12.1. The molecule has 1 unspecified atom stereocenters. The van der Waals surface area contributed by atoms with Crippen LogP contribution in [0, 0.1) is 22.5 Å². The van der Waals surface area contributed by atoms with Crippen molar-refractivity contribution in [1.82, 2.24) is 38.7 Å². The smallest absolute Gasteiger partial charge is 0.273 e. The Hall–Kier alpha value is -3.69. The van der Waals surface area contributed by atoms with Crippen molar-refractivity contribution in [3.05, 3.63) is 98.5 Å². The SMILES string of the molecule is Cc1ccc(-n2c(=S)sc3c(=O)n(CCN4CCN(CC(O)(Cn5cncn5)c5ccc(F)cc5F)CC4)cnc32)cc1. The third-order valence-electron chi connectivity index (χ3n) is 7.78. The lowest BCUT2D eigenvalue weighted by Gasteiger charge is -2.39. The molecule has 1 aliphatic rings. The minimum atomic E-state index is -1.65. The van der Waals surface area contributed by atoms with Gasteiger partial charge in [0.25, 0.3) is 5.56 Å². The molecular formula is C29H30F2N8O2S2. The van der Waals surface area contributed by atoms with E-state index in [2.05, 4.69) is 24.9 Å². The van der Waals surface area contributed by atoms with Crippen LogP contribution in [0.1, 0.15) is 11.1 Å². The quantitative estimate of drug-likeness (QED) is 0.250. The highest BCUT2D eigenvalue weighted by Gasteiger charge is 2.36. The zero-order valence-corrected chi connectivity index (χ0v) is 25.1. The Bertz CT molecular complexity index is 1850. The fourth-order valence-corrected chi connectivity index (χ4v) is 6.81. The molecular weight excluding hydrogens is 595 g/mol. The minimum absolute atomic E-state index is 0.00797. The van der Waals surface area contributed by atoms with Gasteiger partial charge in [-0.15, -0.1) is 0 Å². The molecule has 0 spiro atoms. The van der Waals surface area contributed by atoms with Crippen LogP contribution in [0.4, 0.5) is 8.78 Å². The Morgan fingerprint density at radius 2 is 1.74 bits per heavy atom. The number of aromatic nitrogens is 6. The number of thiazole rings is 1. The van der Waals surface area contributed by atoms with Crippen LogP contribution in [-0.2, 0) is 18.7 Å². The van der Waals surface area contributed by atoms with Gasteiger partial charge < -0.3 is 5.11 Å². The van der Waals surface area contributed by atoms with Crippen molar-refractivity contribution in [1.29, 1.82) is 0 Å². The highest BCUT2D eigenvalue weighted by molar-refractivity contribution is 7.73. The number of halogens is 2. The van der Waals surface area contributed by atoms with Crippen molar-refractivity contribution < 1.29 is 13.9 Å². The molecule has 0 bridgehead atoms. The van der Waals surface area contributed by atoms with E-state index in [9.17, 15) is 18.7 Å². The third kappa shape index (κ3) is 6.19. The normalized spacial score (nSPS) is 16.1. The van der Waals surface area contributed by atoms with Gasteiger partial charge in [-0.25, -0.2) is 23.4 Å². The van der Waals surface area contributed by atoms with Crippen molar-refractivity contribution in [2.45, 2.75) is 25.6 Å². The van der Waals surface area contributed by atoms with Crippen LogP contribution in [0.25, 0.3) is 16.0 Å². The number of nitrogens with zero attached hydrogens (tertiary/aromatic N) is 8. The Kier molecular flexibility index (Phi) is 8.29. The van der Waals surface area contributed by atoms with Gasteiger partial charge >= 0.3 is 0 Å². The monoisotopic (exact) mass is 624 g/mol. The van der Waals surface area contributed by atoms with Gasteiger partial charge in [0.2, 0.25) is 0 Å². The molecule has 10 nitrogen and oxygen atoms in total. The molecule has 1 fully saturated rings. The summed E-state index contributed by atoms with van der Waals surface area (Å²) in [5, 5.41) is 15.7. The molecule has 224 valence electrons. The van der Waals surface area contributed by atoms with Crippen LogP contribution in [0.2, 0.25) is 0 Å². The van der Waals surface area contributed by atoms with Crippen LogP contribution in [-0.4, -0.2) is 83.1 Å². The maximum atomic E-state index is 14.8. The summed E-state index contributed by atoms with van der Waals surface area (Å²) < 4.78 is 34.4. The Morgan fingerprint density at radius 3 is 2.44 bits per heavy atom. The van der Waals surface area contributed by atoms with E-state index < -0.39 is 17.2 Å². The summed E-state index contributed by atoms with van der Waals surface area (Å²) >= 11 is 6.85. The second-order valence-corrected chi connectivity index (χ2v) is 12.4. The number of piperazine rings is 1. The standard InChI is InChI=1S/C29H30F2N8O2S2/c1-20-2-5-22(6-3-20)39-26-25(43-28(39)42)27(40)37(19-33-26)13-12-35-8-10-36(11-9-35)15-29(41,16-38-18-32-17-34-38)23-7-4-21(30)14-24(23)31/h2-7,14,17-19,41H,8-13,15-16H2,1H3. The highest BCUT2D eigenvalue weighted by Crippen LogP contribution is 2.28. The summed E-state index contributed by atoms with van der Waals surface area (Å²) in [6.07, 6.45) is 4.37. The first-order chi connectivity index (χ1) is 20.7. The first-order valence-electron chi connectivity index (χ1n) is 13.8. The Balaban J connectivity index is 1.11. The Labute approximate surface area is 255 Å². The summed E-state index contributed by atoms with van der Waals surface area (Å²) in [7, 11) is 0. The fourth-order valence-electron chi connectivity index (χ4n) is 5.47. The third-order valence-corrected chi connectivity index (χ3v) is 9.13. The Morgan fingerprint density at radius 1 is 1.00 bits per heavy atom.